The van der Waals surface area contributed by atoms with Crippen LogP contribution in [0.1, 0.15) is 29.8 Å². The van der Waals surface area contributed by atoms with Crippen LogP contribution in [-0.4, -0.2) is 10.1 Å². The van der Waals surface area contributed by atoms with Crippen LogP contribution in [0.5, 0.6) is 0 Å². The van der Waals surface area contributed by atoms with Gasteiger partial charge in [-0.05, 0) is 38.3 Å². The second kappa shape index (κ2) is 2.58. The highest BCUT2D eigenvalue weighted by molar-refractivity contribution is 5.81. The molecule has 2 aromatic rings. The van der Waals surface area contributed by atoms with E-state index in [-0.39, 0.29) is 5.54 Å². The van der Waals surface area contributed by atoms with Gasteiger partial charge in [-0.2, -0.15) is 0 Å². The van der Waals surface area contributed by atoms with Crippen molar-refractivity contribution >= 4 is 11.1 Å². The van der Waals surface area contributed by atoms with E-state index in [4.69, 9.17) is 10.3 Å². The molecule has 3 rings (SSSR count). The third-order valence-electron chi connectivity index (χ3n) is 3.03. The van der Waals surface area contributed by atoms with Crippen molar-refractivity contribution in [3.8, 4) is 0 Å². The van der Waals surface area contributed by atoms with E-state index < -0.39 is 0 Å². The standard InChI is InChI=1S/C11H13N3O/c1-6-5-7(2)13-10-8(6)9(14-15-10)11(12)3-4-11/h5H,3-4,12H2,1-2H3. The van der Waals surface area contributed by atoms with Crippen LogP contribution in [0.4, 0.5) is 0 Å². The minimum Gasteiger partial charge on any atom is -0.335 e. The van der Waals surface area contributed by atoms with Gasteiger partial charge < -0.3 is 10.3 Å². The average molecular weight is 203 g/mol. The van der Waals surface area contributed by atoms with E-state index in [1.165, 1.54) is 0 Å². The molecule has 1 saturated carbocycles. The first-order valence-electron chi connectivity index (χ1n) is 5.13. The lowest BCUT2D eigenvalue weighted by Crippen LogP contribution is -2.19. The lowest BCUT2D eigenvalue weighted by atomic mass is 10.1. The molecule has 4 heteroatoms. The summed E-state index contributed by atoms with van der Waals surface area (Å²) < 4.78 is 5.24. The molecule has 2 aromatic heterocycles. The van der Waals surface area contributed by atoms with Crippen molar-refractivity contribution in [2.24, 2.45) is 5.73 Å². The first-order chi connectivity index (χ1) is 7.10. The summed E-state index contributed by atoms with van der Waals surface area (Å²) in [6.07, 6.45) is 1.98. The zero-order valence-corrected chi connectivity index (χ0v) is 8.87. The monoisotopic (exact) mass is 203 g/mol. The Balaban J connectivity index is 2.33. The predicted octanol–water partition coefficient (Wildman–Crippen LogP) is 1.79. The van der Waals surface area contributed by atoms with Crippen LogP contribution in [0, 0.1) is 13.8 Å². The summed E-state index contributed by atoms with van der Waals surface area (Å²) in [5.74, 6) is 0. The van der Waals surface area contributed by atoms with Crippen molar-refractivity contribution < 1.29 is 4.52 Å². The second-order valence-electron chi connectivity index (χ2n) is 4.45. The van der Waals surface area contributed by atoms with Gasteiger partial charge in [0, 0.05) is 5.69 Å². The normalized spacial score (nSPS) is 18.3. The van der Waals surface area contributed by atoms with Crippen LogP contribution in [0.15, 0.2) is 10.6 Å². The van der Waals surface area contributed by atoms with Crippen molar-refractivity contribution in [3.05, 3.63) is 23.0 Å². The molecule has 2 heterocycles. The molecule has 0 aromatic carbocycles. The number of aryl methyl sites for hydroxylation is 2. The van der Waals surface area contributed by atoms with E-state index in [9.17, 15) is 0 Å². The highest BCUT2D eigenvalue weighted by Crippen LogP contribution is 2.45. The topological polar surface area (TPSA) is 64.9 Å². The van der Waals surface area contributed by atoms with Gasteiger partial charge in [0.2, 0.25) is 0 Å². The third-order valence-corrected chi connectivity index (χ3v) is 3.03. The fraction of sp³-hybridized carbons (Fsp3) is 0.455. The quantitative estimate of drug-likeness (QED) is 0.767. The first-order valence-corrected chi connectivity index (χ1v) is 5.13. The van der Waals surface area contributed by atoms with Crippen LogP contribution in [0.2, 0.25) is 0 Å². The molecule has 1 aliphatic carbocycles. The van der Waals surface area contributed by atoms with Gasteiger partial charge in [0.25, 0.3) is 5.71 Å². The molecule has 0 aliphatic heterocycles. The Hall–Kier alpha value is -1.42. The molecule has 0 saturated heterocycles. The molecule has 0 unspecified atom stereocenters. The van der Waals surface area contributed by atoms with E-state index in [1.54, 1.807) is 0 Å². The van der Waals surface area contributed by atoms with E-state index in [0.29, 0.717) is 5.71 Å². The fourth-order valence-corrected chi connectivity index (χ4v) is 2.00. The van der Waals surface area contributed by atoms with E-state index >= 15 is 0 Å². The number of pyridine rings is 1. The number of rotatable bonds is 1. The molecule has 0 bridgehead atoms. The summed E-state index contributed by atoms with van der Waals surface area (Å²) in [5.41, 5.74) is 9.46. The Bertz CT molecular complexity index is 540. The van der Waals surface area contributed by atoms with Crippen LogP contribution in [0.3, 0.4) is 0 Å². The SMILES string of the molecule is Cc1cc(C)c2c(C3(N)CC3)noc2n1. The fourth-order valence-electron chi connectivity index (χ4n) is 2.00. The third kappa shape index (κ3) is 1.18. The van der Waals surface area contributed by atoms with Crippen molar-refractivity contribution in [1.82, 2.24) is 10.1 Å². The second-order valence-corrected chi connectivity index (χ2v) is 4.45. The Morgan fingerprint density at radius 3 is 2.80 bits per heavy atom. The molecule has 1 aliphatic rings. The van der Waals surface area contributed by atoms with Crippen LogP contribution in [0.25, 0.3) is 11.1 Å². The summed E-state index contributed by atoms with van der Waals surface area (Å²) >= 11 is 0. The van der Waals surface area contributed by atoms with Gasteiger partial charge in [0.15, 0.2) is 0 Å². The van der Waals surface area contributed by atoms with Crippen molar-refractivity contribution in [2.75, 3.05) is 0 Å². The number of fused-ring (bicyclic) bond motifs is 1. The molecule has 15 heavy (non-hydrogen) atoms. The van der Waals surface area contributed by atoms with Crippen molar-refractivity contribution in [2.45, 2.75) is 32.2 Å². The predicted molar refractivity (Wildman–Crippen MR) is 56.4 cm³/mol. The Labute approximate surface area is 87.5 Å². The van der Waals surface area contributed by atoms with Crippen LogP contribution >= 0.6 is 0 Å². The van der Waals surface area contributed by atoms with E-state index in [2.05, 4.69) is 10.1 Å². The summed E-state index contributed by atoms with van der Waals surface area (Å²) in [6, 6.07) is 2.04. The Kier molecular flexibility index (Phi) is 1.52. The molecule has 2 N–H and O–H groups in total. The maximum atomic E-state index is 6.14. The van der Waals surface area contributed by atoms with Crippen LogP contribution < -0.4 is 5.73 Å². The Morgan fingerprint density at radius 1 is 1.40 bits per heavy atom. The van der Waals surface area contributed by atoms with Gasteiger partial charge in [-0.3, -0.25) is 0 Å². The summed E-state index contributed by atoms with van der Waals surface area (Å²) in [6.45, 7) is 3.99. The zero-order chi connectivity index (χ0) is 10.6. The number of aromatic nitrogens is 2. The smallest absolute Gasteiger partial charge is 0.258 e. The van der Waals surface area contributed by atoms with E-state index in [1.807, 2.05) is 19.9 Å². The van der Waals surface area contributed by atoms with Gasteiger partial charge in [-0.15, -0.1) is 0 Å². The van der Waals surface area contributed by atoms with Gasteiger partial charge in [0.05, 0.1) is 10.9 Å². The lowest BCUT2D eigenvalue weighted by Gasteiger charge is -2.04. The number of nitrogens with two attached hydrogens (primary N) is 1. The largest absolute Gasteiger partial charge is 0.335 e. The molecule has 0 atom stereocenters. The summed E-state index contributed by atoms with van der Waals surface area (Å²) in [5, 5.41) is 5.07. The van der Waals surface area contributed by atoms with Crippen molar-refractivity contribution in [3.63, 3.8) is 0 Å². The summed E-state index contributed by atoms with van der Waals surface area (Å²) in [4.78, 5) is 4.31. The molecule has 0 amide bonds. The van der Waals surface area contributed by atoms with E-state index in [0.717, 1.165) is 35.2 Å². The maximum Gasteiger partial charge on any atom is 0.258 e. The minimum atomic E-state index is -0.257. The average Bonchev–Trinajstić information content (AvgIpc) is 2.76. The molecule has 78 valence electrons. The first kappa shape index (κ1) is 8.85. The molecule has 1 fully saturated rings. The van der Waals surface area contributed by atoms with Gasteiger partial charge in [0.1, 0.15) is 5.69 Å². The van der Waals surface area contributed by atoms with Crippen LogP contribution in [-0.2, 0) is 5.54 Å². The van der Waals surface area contributed by atoms with Gasteiger partial charge >= 0.3 is 0 Å². The molecule has 0 radical (unpaired) electrons. The van der Waals surface area contributed by atoms with Crippen molar-refractivity contribution in [1.29, 1.82) is 0 Å². The molecular formula is C11H13N3O. The maximum absolute atomic E-state index is 6.14. The minimum absolute atomic E-state index is 0.257. The Morgan fingerprint density at radius 2 is 2.13 bits per heavy atom. The molecule has 0 spiro atoms. The number of hydrogen-bond donors (Lipinski definition) is 1. The number of nitrogens with zero attached hydrogens (tertiary/aromatic N) is 2. The number of hydrogen-bond acceptors (Lipinski definition) is 4. The molecule has 4 nitrogen and oxygen atoms in total. The lowest BCUT2D eigenvalue weighted by molar-refractivity contribution is 0.428. The summed E-state index contributed by atoms with van der Waals surface area (Å²) in [7, 11) is 0. The van der Waals surface area contributed by atoms with Gasteiger partial charge in [-0.25, -0.2) is 4.98 Å². The highest BCUT2D eigenvalue weighted by Gasteiger charge is 2.44. The highest BCUT2D eigenvalue weighted by atomic mass is 16.5. The molecular weight excluding hydrogens is 190 g/mol. The van der Waals surface area contributed by atoms with Gasteiger partial charge in [-0.1, -0.05) is 5.16 Å². The zero-order valence-electron chi connectivity index (χ0n) is 8.87.